The monoisotopic (exact) mass is 396 g/mol. The highest BCUT2D eigenvalue weighted by Gasteiger charge is 2.30. The molecule has 0 aliphatic heterocycles. The second-order valence-electron chi connectivity index (χ2n) is 7.30. The molecule has 0 bridgehead atoms. The lowest BCUT2D eigenvalue weighted by Gasteiger charge is -2.22. The Kier molecular flexibility index (Phi) is 6.16. The second-order valence-corrected chi connectivity index (χ2v) is 7.30. The molecule has 2 aromatic rings. The smallest absolute Gasteiger partial charge is 0.407 e. The highest BCUT2D eigenvalue weighted by atomic mass is 16.5. The predicted molar refractivity (Wildman–Crippen MR) is 107 cm³/mol. The van der Waals surface area contributed by atoms with Crippen LogP contribution >= 0.6 is 0 Å². The van der Waals surface area contributed by atoms with Gasteiger partial charge in [-0.2, -0.15) is 0 Å². The lowest BCUT2D eigenvalue weighted by Crippen LogP contribution is -2.50. The molecule has 0 heterocycles. The van der Waals surface area contributed by atoms with Gasteiger partial charge in [-0.1, -0.05) is 62.4 Å². The number of hydrogen-bond acceptors (Lipinski definition) is 4. The zero-order chi connectivity index (χ0) is 21.0. The van der Waals surface area contributed by atoms with Gasteiger partial charge in [-0.15, -0.1) is 0 Å². The lowest BCUT2D eigenvalue weighted by molar-refractivity contribution is -0.138. The van der Waals surface area contributed by atoms with Crippen LogP contribution < -0.4 is 10.6 Å². The molecule has 7 heteroatoms. The summed E-state index contributed by atoms with van der Waals surface area (Å²) in [6.45, 7) is 3.15. The van der Waals surface area contributed by atoms with Crippen LogP contribution in [0.4, 0.5) is 4.79 Å². The van der Waals surface area contributed by atoms with Crippen molar-refractivity contribution in [1.82, 2.24) is 10.6 Å². The fourth-order valence-electron chi connectivity index (χ4n) is 3.57. The minimum Gasteiger partial charge on any atom is -0.480 e. The number of amides is 2. The number of carbonyl (C=O) groups excluding carboxylic acids is 2. The van der Waals surface area contributed by atoms with Crippen LogP contribution in [0.15, 0.2) is 48.5 Å². The standard InChI is InChI=1S/C22H24N2O5/c1-13(2)20(21(27)23-11-19(25)26)24-22(28)29-12-18-16-9-5-3-7-14(16)15-8-4-6-10-17(15)18/h3-10,13,18,20H,11-12H2,1-2H3,(H,23,27)(H,24,28)(H,25,26)/t20-/m1/s1. The number of hydrogen-bond donors (Lipinski definition) is 3. The van der Waals surface area contributed by atoms with Crippen molar-refractivity contribution < 1.29 is 24.2 Å². The van der Waals surface area contributed by atoms with Gasteiger partial charge < -0.3 is 20.5 Å². The van der Waals surface area contributed by atoms with Crippen LogP contribution in [-0.4, -0.2) is 42.3 Å². The Hall–Kier alpha value is -3.35. The van der Waals surface area contributed by atoms with Crippen LogP contribution in [-0.2, 0) is 14.3 Å². The molecule has 0 unspecified atom stereocenters. The van der Waals surface area contributed by atoms with Gasteiger partial charge in [0.25, 0.3) is 0 Å². The number of carbonyl (C=O) groups is 3. The van der Waals surface area contributed by atoms with Crippen LogP contribution in [0.25, 0.3) is 11.1 Å². The SMILES string of the molecule is CC(C)[C@@H](NC(=O)OCC1c2ccccc2-c2ccccc21)C(=O)NCC(=O)O. The molecule has 29 heavy (non-hydrogen) atoms. The second kappa shape index (κ2) is 8.77. The average molecular weight is 396 g/mol. The molecule has 0 saturated heterocycles. The molecule has 152 valence electrons. The van der Waals surface area contributed by atoms with E-state index < -0.39 is 30.6 Å². The van der Waals surface area contributed by atoms with Gasteiger partial charge in [0, 0.05) is 5.92 Å². The van der Waals surface area contributed by atoms with Gasteiger partial charge in [-0.3, -0.25) is 9.59 Å². The zero-order valence-corrected chi connectivity index (χ0v) is 16.3. The maximum atomic E-state index is 12.4. The van der Waals surface area contributed by atoms with Crippen molar-refractivity contribution in [2.45, 2.75) is 25.8 Å². The molecule has 2 amide bonds. The quantitative estimate of drug-likeness (QED) is 0.668. The molecule has 1 aliphatic carbocycles. The number of carboxylic acid groups (broad SMARTS) is 1. The molecule has 0 fully saturated rings. The molecule has 1 atom stereocenters. The van der Waals surface area contributed by atoms with Crippen molar-refractivity contribution in [1.29, 1.82) is 0 Å². The Morgan fingerprint density at radius 3 is 2.07 bits per heavy atom. The van der Waals surface area contributed by atoms with Gasteiger partial charge >= 0.3 is 12.1 Å². The number of carboxylic acids is 1. The Bertz CT molecular complexity index is 879. The van der Waals surface area contributed by atoms with Crippen LogP contribution in [0.3, 0.4) is 0 Å². The van der Waals surface area contributed by atoms with E-state index in [-0.39, 0.29) is 18.4 Å². The molecule has 1 aliphatic rings. The largest absolute Gasteiger partial charge is 0.480 e. The van der Waals surface area contributed by atoms with E-state index in [1.54, 1.807) is 13.8 Å². The van der Waals surface area contributed by atoms with E-state index in [4.69, 9.17) is 9.84 Å². The topological polar surface area (TPSA) is 105 Å². The summed E-state index contributed by atoms with van der Waals surface area (Å²) in [4.78, 5) is 35.2. The molecule has 0 aromatic heterocycles. The first-order valence-electron chi connectivity index (χ1n) is 9.49. The van der Waals surface area contributed by atoms with Crippen molar-refractivity contribution >= 4 is 18.0 Å². The average Bonchev–Trinajstić information content (AvgIpc) is 3.02. The van der Waals surface area contributed by atoms with Crippen molar-refractivity contribution in [3.05, 3.63) is 59.7 Å². The number of rotatable bonds is 7. The molecular formula is C22H24N2O5. The summed E-state index contributed by atoms with van der Waals surface area (Å²) in [5.41, 5.74) is 4.46. The summed E-state index contributed by atoms with van der Waals surface area (Å²) < 4.78 is 5.45. The summed E-state index contributed by atoms with van der Waals surface area (Å²) in [6.07, 6.45) is -0.712. The molecule has 2 aromatic carbocycles. The number of fused-ring (bicyclic) bond motifs is 3. The maximum Gasteiger partial charge on any atom is 0.407 e. The first kappa shape index (κ1) is 20.4. The molecule has 7 nitrogen and oxygen atoms in total. The van der Waals surface area contributed by atoms with E-state index in [9.17, 15) is 14.4 Å². The normalized spacial score (nSPS) is 13.3. The number of nitrogens with one attached hydrogen (secondary N) is 2. The van der Waals surface area contributed by atoms with Crippen LogP contribution in [0.1, 0.15) is 30.9 Å². The summed E-state index contributed by atoms with van der Waals surface area (Å²) in [7, 11) is 0. The predicted octanol–water partition coefficient (Wildman–Crippen LogP) is 2.75. The number of aliphatic carboxylic acids is 1. The molecule has 3 N–H and O–H groups in total. The number of ether oxygens (including phenoxy) is 1. The Balaban J connectivity index is 1.66. The summed E-state index contributed by atoms with van der Waals surface area (Å²) in [6, 6.07) is 15.1. The Morgan fingerprint density at radius 1 is 1.00 bits per heavy atom. The molecular weight excluding hydrogens is 372 g/mol. The van der Waals surface area contributed by atoms with Crippen LogP contribution in [0.2, 0.25) is 0 Å². The highest BCUT2D eigenvalue weighted by Crippen LogP contribution is 2.44. The van der Waals surface area contributed by atoms with Crippen molar-refractivity contribution in [2.75, 3.05) is 13.2 Å². The van der Waals surface area contributed by atoms with E-state index in [1.165, 1.54) is 0 Å². The summed E-state index contributed by atoms with van der Waals surface area (Å²) in [5, 5.41) is 13.5. The maximum absolute atomic E-state index is 12.4. The first-order chi connectivity index (χ1) is 13.9. The zero-order valence-electron chi connectivity index (χ0n) is 16.3. The number of benzene rings is 2. The van der Waals surface area contributed by atoms with E-state index in [1.807, 2.05) is 36.4 Å². The van der Waals surface area contributed by atoms with Gasteiger partial charge in [0.05, 0.1) is 0 Å². The minimum atomic E-state index is -1.15. The first-order valence-corrected chi connectivity index (χ1v) is 9.49. The minimum absolute atomic E-state index is 0.0773. The molecule has 3 rings (SSSR count). The summed E-state index contributed by atoms with van der Waals surface area (Å²) in [5.74, 6) is -2.02. The van der Waals surface area contributed by atoms with Crippen LogP contribution in [0, 0.1) is 5.92 Å². The number of alkyl carbamates (subject to hydrolysis) is 1. The molecule has 0 spiro atoms. The van der Waals surface area contributed by atoms with Gasteiger partial charge in [0.2, 0.25) is 5.91 Å². The molecule has 0 saturated carbocycles. The van der Waals surface area contributed by atoms with E-state index >= 15 is 0 Å². The fraction of sp³-hybridized carbons (Fsp3) is 0.318. The van der Waals surface area contributed by atoms with Gasteiger partial charge in [0.15, 0.2) is 0 Å². The van der Waals surface area contributed by atoms with Gasteiger partial charge in [-0.25, -0.2) is 4.79 Å². The van der Waals surface area contributed by atoms with E-state index in [0.717, 1.165) is 22.3 Å². The highest BCUT2D eigenvalue weighted by molar-refractivity contribution is 5.88. The Labute approximate surface area is 169 Å². The van der Waals surface area contributed by atoms with Gasteiger partial charge in [-0.05, 0) is 28.2 Å². The van der Waals surface area contributed by atoms with Crippen molar-refractivity contribution in [3.8, 4) is 11.1 Å². The van der Waals surface area contributed by atoms with E-state index in [0.29, 0.717) is 0 Å². The Morgan fingerprint density at radius 2 is 1.55 bits per heavy atom. The summed E-state index contributed by atoms with van der Waals surface area (Å²) >= 11 is 0. The third-order valence-electron chi connectivity index (χ3n) is 4.98. The third kappa shape index (κ3) is 4.56. The van der Waals surface area contributed by atoms with Crippen molar-refractivity contribution in [2.24, 2.45) is 5.92 Å². The van der Waals surface area contributed by atoms with Gasteiger partial charge in [0.1, 0.15) is 19.2 Å². The van der Waals surface area contributed by atoms with Crippen molar-refractivity contribution in [3.63, 3.8) is 0 Å². The van der Waals surface area contributed by atoms with Crippen LogP contribution in [0.5, 0.6) is 0 Å². The fourth-order valence-corrected chi connectivity index (χ4v) is 3.57. The molecule has 0 radical (unpaired) electrons. The van der Waals surface area contributed by atoms with E-state index in [2.05, 4.69) is 22.8 Å². The third-order valence-corrected chi connectivity index (χ3v) is 4.98. The lowest BCUT2D eigenvalue weighted by atomic mass is 9.98.